The van der Waals surface area contributed by atoms with Crippen LogP contribution in [0.4, 0.5) is 8.78 Å². The molecule has 0 spiro atoms. The fourth-order valence-electron chi connectivity index (χ4n) is 1.49. The summed E-state index contributed by atoms with van der Waals surface area (Å²) in [5, 5.41) is 0. The van der Waals surface area contributed by atoms with Gasteiger partial charge >= 0.3 is 6.61 Å². The van der Waals surface area contributed by atoms with Crippen LogP contribution in [-0.2, 0) is 0 Å². The highest BCUT2D eigenvalue weighted by atomic mass is 19.3. The maximum absolute atomic E-state index is 12.0. The molecule has 0 saturated heterocycles. The quantitative estimate of drug-likeness (QED) is 0.772. The molecule has 0 saturated carbocycles. The van der Waals surface area contributed by atoms with Gasteiger partial charge in [0.2, 0.25) is 0 Å². The van der Waals surface area contributed by atoms with Crippen molar-refractivity contribution in [3.8, 4) is 5.75 Å². The van der Waals surface area contributed by atoms with Crippen molar-refractivity contribution in [2.75, 3.05) is 0 Å². The van der Waals surface area contributed by atoms with Crippen molar-refractivity contribution >= 4 is 0 Å². The molecule has 4 heteroatoms. The minimum absolute atomic E-state index is 0.142. The number of alkyl halides is 2. The number of benzene rings is 1. The zero-order chi connectivity index (χ0) is 12.8. The largest absolute Gasteiger partial charge is 0.435 e. The van der Waals surface area contributed by atoms with Crippen LogP contribution in [0.1, 0.15) is 31.4 Å². The lowest BCUT2D eigenvalue weighted by molar-refractivity contribution is -0.0498. The Morgan fingerprint density at radius 3 is 2.76 bits per heavy atom. The van der Waals surface area contributed by atoms with E-state index in [0.29, 0.717) is 0 Å². The number of allylic oxidation sites excluding steroid dienone is 1. The van der Waals surface area contributed by atoms with Gasteiger partial charge in [0.15, 0.2) is 0 Å². The monoisotopic (exact) mass is 241 g/mol. The highest BCUT2D eigenvalue weighted by molar-refractivity contribution is 5.30. The Balaban J connectivity index is 2.66. The molecule has 0 aliphatic rings. The molecule has 1 atom stereocenters. The Morgan fingerprint density at radius 1 is 1.47 bits per heavy atom. The van der Waals surface area contributed by atoms with Gasteiger partial charge in [-0.25, -0.2) is 0 Å². The second kappa shape index (κ2) is 6.35. The summed E-state index contributed by atoms with van der Waals surface area (Å²) in [6.45, 7) is 2.92. The van der Waals surface area contributed by atoms with Crippen molar-refractivity contribution < 1.29 is 13.5 Å². The normalized spacial score (nSPS) is 12.5. The molecule has 0 amide bonds. The molecule has 1 rings (SSSR count). The highest BCUT2D eigenvalue weighted by Crippen LogP contribution is 2.23. The summed E-state index contributed by atoms with van der Waals surface area (Å²) >= 11 is 0. The molecule has 2 N–H and O–H groups in total. The van der Waals surface area contributed by atoms with E-state index in [2.05, 4.69) is 11.3 Å². The molecule has 0 heterocycles. The number of hydrogen-bond acceptors (Lipinski definition) is 2. The molecule has 2 nitrogen and oxygen atoms in total. The smallest absolute Gasteiger partial charge is 0.387 e. The topological polar surface area (TPSA) is 35.2 Å². The molecule has 1 aromatic rings. The summed E-state index contributed by atoms with van der Waals surface area (Å²) in [5.74, 6) is 0.142. The predicted molar refractivity (Wildman–Crippen MR) is 64.1 cm³/mol. The molecule has 0 aliphatic heterocycles. The maximum atomic E-state index is 12.0. The summed E-state index contributed by atoms with van der Waals surface area (Å²) in [6, 6.07) is 6.32. The third kappa shape index (κ3) is 4.95. The standard InChI is InChI=1S/C13H17F2NO/c1-9(2)6-7-12(16)10-4-3-5-11(8-10)17-13(14)15/h3-5,8,12-13H,1,6-7,16H2,2H3. The van der Waals surface area contributed by atoms with Gasteiger partial charge in [0.25, 0.3) is 0 Å². The van der Waals surface area contributed by atoms with E-state index in [1.807, 2.05) is 6.92 Å². The summed E-state index contributed by atoms with van der Waals surface area (Å²) in [6.07, 6.45) is 1.56. The van der Waals surface area contributed by atoms with Gasteiger partial charge in [-0.05, 0) is 37.5 Å². The van der Waals surface area contributed by atoms with E-state index < -0.39 is 6.61 Å². The van der Waals surface area contributed by atoms with E-state index in [-0.39, 0.29) is 11.8 Å². The molecule has 17 heavy (non-hydrogen) atoms. The van der Waals surface area contributed by atoms with Gasteiger partial charge in [0, 0.05) is 6.04 Å². The molecule has 0 aromatic heterocycles. The number of hydrogen-bond donors (Lipinski definition) is 1. The van der Waals surface area contributed by atoms with E-state index in [1.165, 1.54) is 6.07 Å². The van der Waals surface area contributed by atoms with Crippen LogP contribution in [0.25, 0.3) is 0 Å². The molecule has 0 radical (unpaired) electrons. The second-order valence-corrected chi connectivity index (χ2v) is 4.05. The van der Waals surface area contributed by atoms with Crippen molar-refractivity contribution in [3.63, 3.8) is 0 Å². The van der Waals surface area contributed by atoms with Crippen molar-refractivity contribution in [2.24, 2.45) is 5.73 Å². The number of ether oxygens (including phenoxy) is 1. The van der Waals surface area contributed by atoms with Crippen LogP contribution in [0.2, 0.25) is 0 Å². The van der Waals surface area contributed by atoms with Crippen molar-refractivity contribution in [3.05, 3.63) is 42.0 Å². The molecule has 1 unspecified atom stereocenters. The van der Waals surface area contributed by atoms with Crippen LogP contribution in [0.5, 0.6) is 5.75 Å². The van der Waals surface area contributed by atoms with Crippen LogP contribution in [-0.4, -0.2) is 6.61 Å². The number of halogens is 2. The summed E-state index contributed by atoms with van der Waals surface area (Å²) in [5.41, 5.74) is 7.81. The van der Waals surface area contributed by atoms with Crippen LogP contribution < -0.4 is 10.5 Å². The summed E-state index contributed by atoms with van der Waals surface area (Å²) in [7, 11) is 0. The maximum Gasteiger partial charge on any atom is 0.387 e. The van der Waals surface area contributed by atoms with Crippen LogP contribution in [0, 0.1) is 0 Å². The van der Waals surface area contributed by atoms with Gasteiger partial charge in [0.1, 0.15) is 5.75 Å². The van der Waals surface area contributed by atoms with Gasteiger partial charge in [-0.2, -0.15) is 8.78 Å². The lowest BCUT2D eigenvalue weighted by atomic mass is 10.0. The van der Waals surface area contributed by atoms with Gasteiger partial charge in [-0.3, -0.25) is 0 Å². The van der Waals surface area contributed by atoms with Gasteiger partial charge in [-0.15, -0.1) is 6.58 Å². The van der Waals surface area contributed by atoms with E-state index in [0.717, 1.165) is 24.0 Å². The third-order valence-electron chi connectivity index (χ3n) is 2.39. The van der Waals surface area contributed by atoms with Gasteiger partial charge in [0.05, 0.1) is 0 Å². The second-order valence-electron chi connectivity index (χ2n) is 4.05. The van der Waals surface area contributed by atoms with E-state index in [9.17, 15) is 8.78 Å². The lowest BCUT2D eigenvalue weighted by Gasteiger charge is -2.13. The van der Waals surface area contributed by atoms with E-state index >= 15 is 0 Å². The molecule has 94 valence electrons. The predicted octanol–water partition coefficient (Wildman–Crippen LogP) is 3.64. The minimum atomic E-state index is -2.81. The average molecular weight is 241 g/mol. The fraction of sp³-hybridized carbons (Fsp3) is 0.385. The van der Waals surface area contributed by atoms with Gasteiger partial charge < -0.3 is 10.5 Å². The van der Waals surface area contributed by atoms with Crippen LogP contribution in [0.15, 0.2) is 36.4 Å². The molecule has 0 bridgehead atoms. The zero-order valence-electron chi connectivity index (χ0n) is 9.83. The summed E-state index contributed by atoms with van der Waals surface area (Å²) in [4.78, 5) is 0. The van der Waals surface area contributed by atoms with Gasteiger partial charge in [-0.1, -0.05) is 17.7 Å². The average Bonchev–Trinajstić information content (AvgIpc) is 2.25. The minimum Gasteiger partial charge on any atom is -0.435 e. The van der Waals surface area contributed by atoms with Crippen LogP contribution >= 0.6 is 0 Å². The summed E-state index contributed by atoms with van der Waals surface area (Å²) < 4.78 is 28.4. The first-order valence-corrected chi connectivity index (χ1v) is 5.43. The Bertz CT molecular complexity index is 379. The SMILES string of the molecule is C=C(C)CCC(N)c1cccc(OC(F)F)c1. The fourth-order valence-corrected chi connectivity index (χ4v) is 1.49. The van der Waals surface area contributed by atoms with Crippen LogP contribution in [0.3, 0.4) is 0 Å². The molecular weight excluding hydrogens is 224 g/mol. The Kier molecular flexibility index (Phi) is 5.10. The third-order valence-corrected chi connectivity index (χ3v) is 2.39. The molecule has 0 fully saturated rings. The first-order chi connectivity index (χ1) is 7.99. The molecule has 1 aromatic carbocycles. The first kappa shape index (κ1) is 13.6. The highest BCUT2D eigenvalue weighted by Gasteiger charge is 2.09. The number of rotatable bonds is 6. The zero-order valence-corrected chi connectivity index (χ0v) is 9.83. The van der Waals surface area contributed by atoms with E-state index in [1.54, 1.807) is 18.2 Å². The van der Waals surface area contributed by atoms with Crippen molar-refractivity contribution in [2.45, 2.75) is 32.4 Å². The molecule has 0 aliphatic carbocycles. The molecular formula is C13H17F2NO. The first-order valence-electron chi connectivity index (χ1n) is 5.43. The number of nitrogens with two attached hydrogens (primary N) is 1. The van der Waals surface area contributed by atoms with E-state index in [4.69, 9.17) is 5.73 Å². The Morgan fingerprint density at radius 2 is 2.18 bits per heavy atom. The lowest BCUT2D eigenvalue weighted by Crippen LogP contribution is -2.11. The Hall–Kier alpha value is -1.42. The van der Waals surface area contributed by atoms with Crippen molar-refractivity contribution in [1.29, 1.82) is 0 Å². The van der Waals surface area contributed by atoms with Crippen molar-refractivity contribution in [1.82, 2.24) is 0 Å². The Labute approximate surface area is 100 Å².